The smallest absolute Gasteiger partial charge is 0.269 e. The number of nitrogens with one attached hydrogen (secondary N) is 3. The normalized spacial score (nSPS) is 11.4. The van der Waals surface area contributed by atoms with Gasteiger partial charge in [-0.3, -0.25) is 29.8 Å². The monoisotopic (exact) mass is 527 g/mol. The minimum absolute atomic E-state index is 0.0706. The number of amides is 2. The number of nitrogens with zero attached hydrogens (tertiary/aromatic N) is 2. The van der Waals surface area contributed by atoms with Crippen LogP contribution in [0.3, 0.4) is 0 Å². The van der Waals surface area contributed by atoms with E-state index in [4.69, 9.17) is 0 Å². The molecule has 0 saturated carbocycles. The number of nitro groups is 2. The molecule has 0 atom stereocenters. The van der Waals surface area contributed by atoms with Crippen molar-refractivity contribution in [3.63, 3.8) is 0 Å². The molecule has 1 aliphatic heterocycles. The lowest BCUT2D eigenvalue weighted by Gasteiger charge is -2.22. The Kier molecular flexibility index (Phi) is 6.46. The van der Waals surface area contributed by atoms with Gasteiger partial charge < -0.3 is 16.0 Å². The lowest BCUT2D eigenvalue weighted by atomic mass is 10.1. The van der Waals surface area contributed by atoms with Gasteiger partial charge in [0.05, 0.1) is 21.2 Å². The maximum absolute atomic E-state index is 12.8. The average molecular weight is 528 g/mol. The number of nitro benzene ring substituents is 2. The number of anilines is 4. The average Bonchev–Trinajstić information content (AvgIpc) is 2.91. The summed E-state index contributed by atoms with van der Waals surface area (Å²) in [5.41, 5.74) is 3.11. The lowest BCUT2D eigenvalue weighted by molar-refractivity contribution is -0.385. The van der Waals surface area contributed by atoms with E-state index in [-0.39, 0.29) is 23.2 Å². The van der Waals surface area contributed by atoms with Gasteiger partial charge in [0.25, 0.3) is 23.2 Å². The second-order valence-corrected chi connectivity index (χ2v) is 9.25. The number of non-ortho nitro benzene ring substituents is 2. The molecule has 5 rings (SSSR count). The first-order valence-corrected chi connectivity index (χ1v) is 11.9. The van der Waals surface area contributed by atoms with Crippen molar-refractivity contribution in [1.82, 2.24) is 0 Å². The van der Waals surface area contributed by atoms with Crippen LogP contribution in [-0.2, 0) is 0 Å². The number of carbonyl (C=O) groups excluding carboxylic acids is 2. The molecular weight excluding hydrogens is 510 g/mol. The fourth-order valence-corrected chi connectivity index (χ4v) is 4.77. The first kappa shape index (κ1) is 24.5. The fourth-order valence-electron chi connectivity index (χ4n) is 3.71. The van der Waals surface area contributed by atoms with Crippen LogP contribution in [0, 0.1) is 20.2 Å². The third kappa shape index (κ3) is 5.15. The standard InChI is InChI=1S/C26H17N5O6S/c32-25(27-17-3-7-19(8-4-17)30(34)35)15-1-11-21-23(13-15)38-24-14-16(2-12-22(24)29-21)26(33)28-18-5-9-20(10-6-18)31(36)37/h1-14,29H,(H,27,32)(H,28,33). The highest BCUT2D eigenvalue weighted by molar-refractivity contribution is 7.99. The van der Waals surface area contributed by atoms with Crippen molar-refractivity contribution in [1.29, 1.82) is 0 Å². The van der Waals surface area contributed by atoms with Crippen LogP contribution in [0.2, 0.25) is 0 Å². The second-order valence-electron chi connectivity index (χ2n) is 8.17. The van der Waals surface area contributed by atoms with Crippen LogP contribution in [0.15, 0.2) is 94.7 Å². The Balaban J connectivity index is 1.30. The highest BCUT2D eigenvalue weighted by atomic mass is 32.2. The van der Waals surface area contributed by atoms with Crippen molar-refractivity contribution in [3.05, 3.63) is 116 Å². The van der Waals surface area contributed by atoms with E-state index in [1.54, 1.807) is 36.4 Å². The molecule has 0 saturated heterocycles. The van der Waals surface area contributed by atoms with Gasteiger partial charge in [-0.05, 0) is 60.7 Å². The summed E-state index contributed by atoms with van der Waals surface area (Å²) in [5, 5.41) is 30.4. The minimum atomic E-state index is -0.512. The molecule has 4 aromatic rings. The van der Waals surface area contributed by atoms with Crippen LogP contribution in [-0.4, -0.2) is 21.7 Å². The predicted molar refractivity (Wildman–Crippen MR) is 142 cm³/mol. The quantitative estimate of drug-likeness (QED) is 0.174. The maximum atomic E-state index is 12.8. The van der Waals surface area contributed by atoms with Crippen LogP contribution in [0.4, 0.5) is 34.1 Å². The summed E-state index contributed by atoms with van der Waals surface area (Å²) in [5.74, 6) is -0.742. The summed E-state index contributed by atoms with van der Waals surface area (Å²) in [4.78, 5) is 47.7. The summed E-state index contributed by atoms with van der Waals surface area (Å²) in [7, 11) is 0. The number of rotatable bonds is 6. The van der Waals surface area contributed by atoms with E-state index < -0.39 is 9.85 Å². The molecule has 4 aromatic carbocycles. The van der Waals surface area contributed by atoms with E-state index in [0.717, 1.165) is 21.2 Å². The van der Waals surface area contributed by atoms with Crippen molar-refractivity contribution in [2.24, 2.45) is 0 Å². The number of fused-ring (bicyclic) bond motifs is 2. The molecule has 1 aliphatic rings. The SMILES string of the molecule is O=C(Nc1ccc([N+](=O)[O-])cc1)c1ccc2c(c1)Sc1cc(C(=O)Nc3ccc([N+](=O)[O-])cc3)ccc1N2. The van der Waals surface area contributed by atoms with Crippen molar-refractivity contribution in [2.75, 3.05) is 16.0 Å². The van der Waals surface area contributed by atoms with Crippen molar-refractivity contribution in [2.45, 2.75) is 9.79 Å². The third-order valence-corrected chi connectivity index (χ3v) is 6.76. The van der Waals surface area contributed by atoms with Gasteiger partial charge in [0.1, 0.15) is 0 Å². The van der Waals surface area contributed by atoms with Gasteiger partial charge in [-0.2, -0.15) is 0 Å². The molecule has 188 valence electrons. The Morgan fingerprint density at radius 3 is 1.39 bits per heavy atom. The molecule has 0 spiro atoms. The first-order valence-electron chi connectivity index (χ1n) is 11.1. The van der Waals surface area contributed by atoms with Crippen molar-refractivity contribution < 1.29 is 19.4 Å². The molecule has 1 heterocycles. The van der Waals surface area contributed by atoms with E-state index >= 15 is 0 Å². The van der Waals surface area contributed by atoms with Crippen LogP contribution >= 0.6 is 11.8 Å². The summed E-state index contributed by atoms with van der Waals surface area (Å²) in [6, 6.07) is 21.5. The Bertz CT molecular complexity index is 1490. The predicted octanol–water partition coefficient (Wildman–Crippen LogP) is 6.22. The highest BCUT2D eigenvalue weighted by Gasteiger charge is 2.20. The molecule has 38 heavy (non-hydrogen) atoms. The Hall–Kier alpha value is -5.23. The Morgan fingerprint density at radius 2 is 1.03 bits per heavy atom. The van der Waals surface area contributed by atoms with Crippen molar-refractivity contribution >= 4 is 57.7 Å². The fraction of sp³-hybridized carbons (Fsp3) is 0. The van der Waals surface area contributed by atoms with Gasteiger partial charge in [-0.1, -0.05) is 11.8 Å². The number of hydrogen-bond acceptors (Lipinski definition) is 8. The van der Waals surface area contributed by atoms with Crippen LogP contribution < -0.4 is 16.0 Å². The van der Waals surface area contributed by atoms with E-state index in [0.29, 0.717) is 22.5 Å². The summed E-state index contributed by atoms with van der Waals surface area (Å²) < 4.78 is 0. The van der Waals surface area contributed by atoms with Crippen LogP contribution in [0.25, 0.3) is 0 Å². The molecule has 0 radical (unpaired) electrons. The van der Waals surface area contributed by atoms with Gasteiger partial charge in [0.2, 0.25) is 0 Å². The molecule has 0 bridgehead atoms. The van der Waals surface area contributed by atoms with E-state index in [1.807, 2.05) is 0 Å². The molecule has 0 aromatic heterocycles. The van der Waals surface area contributed by atoms with E-state index in [1.165, 1.54) is 60.3 Å². The molecule has 2 amide bonds. The summed E-state index contributed by atoms with van der Waals surface area (Å²) in [6.45, 7) is 0. The van der Waals surface area contributed by atoms with Gasteiger partial charge in [-0.15, -0.1) is 0 Å². The largest absolute Gasteiger partial charge is 0.354 e. The molecule has 11 nitrogen and oxygen atoms in total. The highest BCUT2D eigenvalue weighted by Crippen LogP contribution is 2.45. The molecular formula is C26H17N5O6S. The topological polar surface area (TPSA) is 157 Å². The minimum Gasteiger partial charge on any atom is -0.354 e. The van der Waals surface area contributed by atoms with E-state index in [2.05, 4.69) is 16.0 Å². The third-order valence-electron chi connectivity index (χ3n) is 5.65. The first-order chi connectivity index (χ1) is 18.3. The lowest BCUT2D eigenvalue weighted by Crippen LogP contribution is -2.13. The van der Waals surface area contributed by atoms with Crippen LogP contribution in [0.1, 0.15) is 20.7 Å². The Labute approximate surface area is 219 Å². The van der Waals surface area contributed by atoms with E-state index in [9.17, 15) is 29.8 Å². The zero-order chi connectivity index (χ0) is 26.8. The zero-order valence-corrected chi connectivity index (χ0v) is 20.2. The number of benzene rings is 4. The molecule has 0 aliphatic carbocycles. The van der Waals surface area contributed by atoms with Gasteiger partial charge >= 0.3 is 0 Å². The number of carbonyl (C=O) groups is 2. The summed E-state index contributed by atoms with van der Waals surface area (Å²) in [6.07, 6.45) is 0. The maximum Gasteiger partial charge on any atom is 0.269 e. The van der Waals surface area contributed by atoms with Crippen molar-refractivity contribution in [3.8, 4) is 0 Å². The van der Waals surface area contributed by atoms with Gasteiger partial charge in [0, 0.05) is 56.6 Å². The molecule has 0 fully saturated rings. The van der Waals surface area contributed by atoms with Gasteiger partial charge in [-0.25, -0.2) is 0 Å². The second kappa shape index (κ2) is 10.0. The molecule has 3 N–H and O–H groups in total. The molecule has 0 unspecified atom stereocenters. The zero-order valence-electron chi connectivity index (χ0n) is 19.3. The van der Waals surface area contributed by atoms with Crippen LogP contribution in [0.5, 0.6) is 0 Å². The molecule has 12 heteroatoms. The Morgan fingerprint density at radius 1 is 0.632 bits per heavy atom. The number of hydrogen-bond donors (Lipinski definition) is 3. The summed E-state index contributed by atoms with van der Waals surface area (Å²) >= 11 is 1.40. The van der Waals surface area contributed by atoms with Gasteiger partial charge in [0.15, 0.2) is 0 Å².